The number of ether oxygens (including phenoxy) is 1. The number of fused-ring (bicyclic) bond motifs is 1. The molecule has 0 aliphatic carbocycles. The summed E-state index contributed by atoms with van der Waals surface area (Å²) in [5, 5.41) is 12.6. The lowest BCUT2D eigenvalue weighted by Gasteiger charge is -2.22. The highest BCUT2D eigenvalue weighted by molar-refractivity contribution is 7.17. The molecule has 2 heterocycles. The number of nitrogens with one attached hydrogen (secondary N) is 1. The number of amides is 1. The normalized spacial score (nSPS) is 14.0. The van der Waals surface area contributed by atoms with Gasteiger partial charge in [-0.3, -0.25) is 4.79 Å². The average Bonchev–Trinajstić information content (AvgIpc) is 2.91. The fraction of sp³-hybridized carbons (Fsp3) is 0.333. The lowest BCUT2D eigenvalue weighted by atomic mass is 10.0. The Kier molecular flexibility index (Phi) is 5.06. The lowest BCUT2D eigenvalue weighted by Crippen LogP contribution is -2.26. The van der Waals surface area contributed by atoms with Gasteiger partial charge in [0, 0.05) is 18.0 Å². The maximum atomic E-state index is 12.2. The van der Waals surface area contributed by atoms with Gasteiger partial charge in [0.25, 0.3) is 5.91 Å². The Bertz CT molecular complexity index is 798. The summed E-state index contributed by atoms with van der Waals surface area (Å²) in [6.07, 6.45) is 0.680. The molecule has 0 bridgehead atoms. The molecule has 1 aliphatic heterocycles. The van der Waals surface area contributed by atoms with Crippen molar-refractivity contribution in [2.24, 2.45) is 0 Å². The molecule has 0 saturated carbocycles. The third-order valence-corrected chi connectivity index (χ3v) is 5.24. The zero-order valence-electron chi connectivity index (χ0n) is 14.2. The summed E-state index contributed by atoms with van der Waals surface area (Å²) in [6.45, 7) is 3.33. The number of carbonyl (C=O) groups excluding carboxylic acids is 1. The minimum atomic E-state index is -1.00. The lowest BCUT2D eigenvalue weighted by molar-refractivity contribution is -0.118. The summed E-state index contributed by atoms with van der Waals surface area (Å²) < 4.78 is 5.45. The molecule has 0 unspecified atom stereocenters. The molecule has 3 rings (SSSR count). The molecule has 0 saturated heterocycles. The number of carboxylic acids is 1. The standard InChI is InChI=1S/C18H20N2O4S/c1-11-3-5-12(6-4-11)24-10-15(21)19-17-16(18(22)23)13-7-8-20(2)9-14(13)25-17/h3-6H,7-10H2,1-2H3,(H,19,21)(H,22,23). The minimum Gasteiger partial charge on any atom is -0.484 e. The summed E-state index contributed by atoms with van der Waals surface area (Å²) in [4.78, 5) is 26.9. The van der Waals surface area contributed by atoms with E-state index in [2.05, 4.69) is 10.2 Å². The number of aromatic carboxylic acids is 1. The van der Waals surface area contributed by atoms with Gasteiger partial charge in [-0.25, -0.2) is 4.79 Å². The Balaban J connectivity index is 1.70. The van der Waals surface area contributed by atoms with Crippen molar-refractivity contribution in [1.82, 2.24) is 4.90 Å². The fourth-order valence-corrected chi connectivity index (χ4v) is 4.13. The van der Waals surface area contributed by atoms with Crippen LogP contribution in [0.3, 0.4) is 0 Å². The summed E-state index contributed by atoms with van der Waals surface area (Å²) in [5.74, 6) is -0.766. The summed E-state index contributed by atoms with van der Waals surface area (Å²) in [6, 6.07) is 7.40. The second-order valence-corrected chi connectivity index (χ2v) is 7.26. The van der Waals surface area contributed by atoms with Crippen molar-refractivity contribution in [1.29, 1.82) is 0 Å². The Labute approximate surface area is 150 Å². The van der Waals surface area contributed by atoms with Crippen LogP contribution in [-0.4, -0.2) is 42.1 Å². The predicted octanol–water partition coefficient (Wildman–Crippen LogP) is 2.76. The third-order valence-electron chi connectivity index (χ3n) is 4.11. The fourth-order valence-electron chi connectivity index (χ4n) is 2.79. The van der Waals surface area contributed by atoms with Crippen LogP contribution < -0.4 is 10.1 Å². The van der Waals surface area contributed by atoms with Crippen LogP contribution in [0.1, 0.15) is 26.4 Å². The SMILES string of the molecule is Cc1ccc(OCC(=O)Nc2sc3c(c2C(=O)O)CCN(C)C3)cc1. The molecule has 1 aromatic heterocycles. The van der Waals surface area contributed by atoms with Gasteiger partial charge in [-0.05, 0) is 38.1 Å². The van der Waals surface area contributed by atoms with Crippen molar-refractivity contribution >= 4 is 28.2 Å². The van der Waals surface area contributed by atoms with E-state index in [0.29, 0.717) is 23.7 Å². The molecule has 2 N–H and O–H groups in total. The van der Waals surface area contributed by atoms with E-state index in [1.165, 1.54) is 11.3 Å². The molecule has 2 aromatic rings. The molecular weight excluding hydrogens is 340 g/mol. The Morgan fingerprint density at radius 2 is 2.04 bits per heavy atom. The van der Waals surface area contributed by atoms with Gasteiger partial charge in [0.2, 0.25) is 0 Å². The number of nitrogens with zero attached hydrogens (tertiary/aromatic N) is 1. The molecule has 7 heteroatoms. The molecule has 25 heavy (non-hydrogen) atoms. The number of likely N-dealkylation sites (N-methyl/N-ethyl adjacent to an activating group) is 1. The van der Waals surface area contributed by atoms with Gasteiger partial charge in [0.15, 0.2) is 6.61 Å². The van der Waals surface area contributed by atoms with E-state index in [1.54, 1.807) is 12.1 Å². The number of carbonyl (C=O) groups is 2. The predicted molar refractivity (Wildman–Crippen MR) is 96.6 cm³/mol. The Hall–Kier alpha value is -2.38. The number of benzene rings is 1. The second kappa shape index (κ2) is 7.25. The summed E-state index contributed by atoms with van der Waals surface area (Å²) in [5.41, 5.74) is 2.17. The van der Waals surface area contributed by atoms with E-state index in [4.69, 9.17) is 4.74 Å². The van der Waals surface area contributed by atoms with Crippen LogP contribution in [0.4, 0.5) is 5.00 Å². The molecule has 0 spiro atoms. The smallest absolute Gasteiger partial charge is 0.339 e. The number of hydrogen-bond acceptors (Lipinski definition) is 5. The molecule has 1 aromatic carbocycles. The van der Waals surface area contributed by atoms with Gasteiger partial charge in [-0.2, -0.15) is 0 Å². The van der Waals surface area contributed by atoms with E-state index in [-0.39, 0.29) is 18.1 Å². The zero-order valence-corrected chi connectivity index (χ0v) is 15.0. The van der Waals surface area contributed by atoms with Crippen LogP contribution >= 0.6 is 11.3 Å². The van der Waals surface area contributed by atoms with Gasteiger partial charge >= 0.3 is 5.97 Å². The van der Waals surface area contributed by atoms with Crippen LogP contribution in [0.15, 0.2) is 24.3 Å². The largest absolute Gasteiger partial charge is 0.484 e. The van der Waals surface area contributed by atoms with Crippen molar-refractivity contribution in [2.75, 3.05) is 25.5 Å². The number of thiophene rings is 1. The van der Waals surface area contributed by atoms with Crippen molar-refractivity contribution in [3.63, 3.8) is 0 Å². The molecule has 0 atom stereocenters. The van der Waals surface area contributed by atoms with E-state index in [0.717, 1.165) is 22.5 Å². The van der Waals surface area contributed by atoms with E-state index < -0.39 is 5.97 Å². The van der Waals surface area contributed by atoms with Gasteiger partial charge in [-0.15, -0.1) is 11.3 Å². The summed E-state index contributed by atoms with van der Waals surface area (Å²) in [7, 11) is 2.00. The van der Waals surface area contributed by atoms with Crippen molar-refractivity contribution in [2.45, 2.75) is 19.9 Å². The van der Waals surface area contributed by atoms with E-state index in [9.17, 15) is 14.7 Å². The van der Waals surface area contributed by atoms with Crippen molar-refractivity contribution < 1.29 is 19.4 Å². The first-order valence-electron chi connectivity index (χ1n) is 7.99. The van der Waals surface area contributed by atoms with E-state index in [1.807, 2.05) is 26.1 Å². The number of carboxylic acid groups (broad SMARTS) is 1. The summed E-state index contributed by atoms with van der Waals surface area (Å²) >= 11 is 1.34. The van der Waals surface area contributed by atoms with Crippen LogP contribution in [0.2, 0.25) is 0 Å². The number of aryl methyl sites for hydroxylation is 1. The topological polar surface area (TPSA) is 78.9 Å². The molecule has 1 amide bonds. The second-order valence-electron chi connectivity index (χ2n) is 6.15. The Morgan fingerprint density at radius 1 is 1.32 bits per heavy atom. The number of rotatable bonds is 5. The maximum absolute atomic E-state index is 12.2. The van der Waals surface area contributed by atoms with Gasteiger partial charge in [0.05, 0.1) is 5.56 Å². The van der Waals surface area contributed by atoms with Crippen LogP contribution in [0.25, 0.3) is 0 Å². The number of hydrogen-bond donors (Lipinski definition) is 2. The monoisotopic (exact) mass is 360 g/mol. The third kappa shape index (κ3) is 4.00. The van der Waals surface area contributed by atoms with Gasteiger partial charge in [-0.1, -0.05) is 17.7 Å². The highest BCUT2D eigenvalue weighted by atomic mass is 32.1. The van der Waals surface area contributed by atoms with Crippen LogP contribution in [0, 0.1) is 6.92 Å². The van der Waals surface area contributed by atoms with Crippen molar-refractivity contribution in [3.05, 3.63) is 45.8 Å². The minimum absolute atomic E-state index is 0.162. The maximum Gasteiger partial charge on any atom is 0.339 e. The van der Waals surface area contributed by atoms with Gasteiger partial charge in [0.1, 0.15) is 10.8 Å². The highest BCUT2D eigenvalue weighted by Gasteiger charge is 2.27. The first-order valence-corrected chi connectivity index (χ1v) is 8.81. The zero-order chi connectivity index (χ0) is 18.0. The van der Waals surface area contributed by atoms with Crippen LogP contribution in [0.5, 0.6) is 5.75 Å². The molecule has 0 fully saturated rings. The molecule has 1 aliphatic rings. The van der Waals surface area contributed by atoms with E-state index >= 15 is 0 Å². The quantitative estimate of drug-likeness (QED) is 0.857. The number of anilines is 1. The molecular formula is C18H20N2O4S. The first kappa shape index (κ1) is 17.4. The molecule has 132 valence electrons. The van der Waals surface area contributed by atoms with Crippen molar-refractivity contribution in [3.8, 4) is 5.75 Å². The molecule has 6 nitrogen and oxygen atoms in total. The Morgan fingerprint density at radius 3 is 2.72 bits per heavy atom. The van der Waals surface area contributed by atoms with Crippen LogP contribution in [-0.2, 0) is 17.8 Å². The van der Waals surface area contributed by atoms with Gasteiger partial charge < -0.3 is 20.1 Å². The first-order chi connectivity index (χ1) is 11.9. The highest BCUT2D eigenvalue weighted by Crippen LogP contribution is 2.36. The molecule has 0 radical (unpaired) electrons. The average molecular weight is 360 g/mol.